The highest BCUT2D eigenvalue weighted by Crippen LogP contribution is 2.23. The van der Waals surface area contributed by atoms with Crippen LogP contribution in [0.3, 0.4) is 0 Å². The molecule has 0 bridgehead atoms. The first-order valence-corrected chi connectivity index (χ1v) is 6.97. The van der Waals surface area contributed by atoms with E-state index >= 15 is 0 Å². The average molecular weight is 288 g/mol. The van der Waals surface area contributed by atoms with Gasteiger partial charge in [0.1, 0.15) is 11.6 Å². The summed E-state index contributed by atoms with van der Waals surface area (Å²) in [6, 6.07) is 8.08. The molecule has 0 aliphatic carbocycles. The minimum atomic E-state index is -0.323. The van der Waals surface area contributed by atoms with Gasteiger partial charge in [0.25, 0.3) is 0 Å². The Morgan fingerprint density at radius 1 is 1.24 bits per heavy atom. The summed E-state index contributed by atoms with van der Waals surface area (Å²) in [5.74, 6) is 0.627. The minimum Gasteiger partial charge on any atom is -0.439 e. The van der Waals surface area contributed by atoms with Crippen LogP contribution in [0.4, 0.5) is 4.39 Å². The van der Waals surface area contributed by atoms with E-state index in [0.717, 1.165) is 17.7 Å². The Hall–Kier alpha value is -1.94. The summed E-state index contributed by atoms with van der Waals surface area (Å²) in [6.07, 6.45) is 1.78. The van der Waals surface area contributed by atoms with Gasteiger partial charge in [0.2, 0.25) is 5.88 Å². The minimum absolute atomic E-state index is 0.0602. The van der Waals surface area contributed by atoms with Crippen LogP contribution in [0, 0.1) is 12.7 Å². The molecule has 112 valence electrons. The maximum absolute atomic E-state index is 13.1. The number of hydrogen-bond acceptors (Lipinski definition) is 3. The fraction of sp³-hybridized carbons (Fsp3) is 0.353. The molecule has 0 atom stereocenters. The lowest BCUT2D eigenvalue weighted by Crippen LogP contribution is -2.35. The molecule has 0 radical (unpaired) electrons. The molecular weight excluding hydrogens is 267 g/mol. The number of ether oxygens (including phenoxy) is 1. The standard InChI is InChI=1S/C17H21FN2O/c1-12-8-13(11-20-17(2,3)4)10-19-16(12)21-15-7-5-6-14(18)9-15/h5-10,20H,11H2,1-4H3. The number of aryl methyl sites for hydroxylation is 1. The van der Waals surface area contributed by atoms with E-state index in [0.29, 0.717) is 11.6 Å². The monoisotopic (exact) mass is 288 g/mol. The lowest BCUT2D eigenvalue weighted by Gasteiger charge is -2.20. The van der Waals surface area contributed by atoms with Crippen molar-refractivity contribution in [2.24, 2.45) is 0 Å². The Kier molecular flexibility index (Phi) is 4.58. The summed E-state index contributed by atoms with van der Waals surface area (Å²) in [4.78, 5) is 4.32. The van der Waals surface area contributed by atoms with E-state index < -0.39 is 0 Å². The van der Waals surface area contributed by atoms with Gasteiger partial charge in [-0.3, -0.25) is 0 Å². The van der Waals surface area contributed by atoms with Crippen LogP contribution in [0.15, 0.2) is 36.5 Å². The predicted octanol–water partition coefficient (Wildman–Crippen LogP) is 4.21. The number of nitrogens with one attached hydrogen (secondary N) is 1. The Balaban J connectivity index is 2.09. The molecule has 0 unspecified atom stereocenters. The van der Waals surface area contributed by atoms with E-state index in [1.807, 2.05) is 13.0 Å². The average Bonchev–Trinajstić information content (AvgIpc) is 2.38. The number of pyridine rings is 1. The molecular formula is C17H21FN2O. The summed E-state index contributed by atoms with van der Waals surface area (Å²) in [5, 5.41) is 3.41. The van der Waals surface area contributed by atoms with Gasteiger partial charge in [-0.05, 0) is 51.5 Å². The molecule has 0 saturated heterocycles. The van der Waals surface area contributed by atoms with Gasteiger partial charge in [-0.1, -0.05) is 6.07 Å². The van der Waals surface area contributed by atoms with Gasteiger partial charge < -0.3 is 10.1 Å². The lowest BCUT2D eigenvalue weighted by molar-refractivity contribution is 0.422. The zero-order chi connectivity index (χ0) is 15.5. The molecule has 0 fully saturated rings. The molecule has 0 amide bonds. The van der Waals surface area contributed by atoms with Gasteiger partial charge in [0, 0.05) is 29.9 Å². The van der Waals surface area contributed by atoms with Crippen molar-refractivity contribution in [3.63, 3.8) is 0 Å². The fourth-order valence-electron chi connectivity index (χ4n) is 1.83. The summed E-state index contributed by atoms with van der Waals surface area (Å²) in [5.41, 5.74) is 2.08. The maximum atomic E-state index is 13.1. The van der Waals surface area contributed by atoms with E-state index in [-0.39, 0.29) is 11.4 Å². The van der Waals surface area contributed by atoms with Crippen molar-refractivity contribution >= 4 is 0 Å². The summed E-state index contributed by atoms with van der Waals surface area (Å²) >= 11 is 0. The second kappa shape index (κ2) is 6.22. The maximum Gasteiger partial charge on any atom is 0.222 e. The van der Waals surface area contributed by atoms with E-state index in [2.05, 4.69) is 31.1 Å². The van der Waals surface area contributed by atoms with Crippen LogP contribution in [-0.4, -0.2) is 10.5 Å². The molecule has 4 heteroatoms. The summed E-state index contributed by atoms with van der Waals surface area (Å²) in [7, 11) is 0. The Morgan fingerprint density at radius 3 is 2.62 bits per heavy atom. The van der Waals surface area contributed by atoms with E-state index in [1.165, 1.54) is 12.1 Å². The summed E-state index contributed by atoms with van der Waals surface area (Å²) in [6.45, 7) is 9.04. The van der Waals surface area contributed by atoms with Crippen LogP contribution in [0.5, 0.6) is 11.6 Å². The highest BCUT2D eigenvalue weighted by Gasteiger charge is 2.10. The lowest BCUT2D eigenvalue weighted by atomic mass is 10.1. The van der Waals surface area contributed by atoms with Crippen molar-refractivity contribution in [2.45, 2.75) is 39.8 Å². The molecule has 1 aromatic carbocycles. The van der Waals surface area contributed by atoms with Crippen LogP contribution in [0.25, 0.3) is 0 Å². The van der Waals surface area contributed by atoms with Crippen LogP contribution >= 0.6 is 0 Å². The fourth-order valence-corrected chi connectivity index (χ4v) is 1.83. The molecule has 1 aromatic heterocycles. The van der Waals surface area contributed by atoms with Crippen molar-refractivity contribution in [3.8, 4) is 11.6 Å². The molecule has 2 rings (SSSR count). The third-order valence-corrected chi connectivity index (χ3v) is 2.92. The number of rotatable bonds is 4. The van der Waals surface area contributed by atoms with Crippen LogP contribution < -0.4 is 10.1 Å². The van der Waals surface area contributed by atoms with Crippen LogP contribution in [0.1, 0.15) is 31.9 Å². The molecule has 0 spiro atoms. The number of halogens is 1. The molecule has 0 aliphatic rings. The highest BCUT2D eigenvalue weighted by atomic mass is 19.1. The normalized spacial score (nSPS) is 11.5. The van der Waals surface area contributed by atoms with Crippen LogP contribution in [-0.2, 0) is 6.54 Å². The Labute approximate surface area is 125 Å². The van der Waals surface area contributed by atoms with E-state index in [4.69, 9.17) is 4.74 Å². The topological polar surface area (TPSA) is 34.2 Å². The van der Waals surface area contributed by atoms with Gasteiger partial charge in [0.05, 0.1) is 0 Å². The zero-order valence-corrected chi connectivity index (χ0v) is 12.9. The zero-order valence-electron chi connectivity index (χ0n) is 12.9. The summed E-state index contributed by atoms with van der Waals surface area (Å²) < 4.78 is 18.8. The van der Waals surface area contributed by atoms with Gasteiger partial charge in [-0.15, -0.1) is 0 Å². The van der Waals surface area contributed by atoms with Crippen molar-refractivity contribution in [2.75, 3.05) is 0 Å². The molecule has 21 heavy (non-hydrogen) atoms. The molecule has 1 heterocycles. The smallest absolute Gasteiger partial charge is 0.222 e. The number of benzene rings is 1. The first-order valence-electron chi connectivity index (χ1n) is 6.97. The third-order valence-electron chi connectivity index (χ3n) is 2.92. The predicted molar refractivity (Wildman–Crippen MR) is 82.0 cm³/mol. The molecule has 3 nitrogen and oxygen atoms in total. The molecule has 0 aliphatic heterocycles. The first kappa shape index (κ1) is 15.4. The molecule has 1 N–H and O–H groups in total. The van der Waals surface area contributed by atoms with Crippen molar-refractivity contribution < 1.29 is 9.13 Å². The van der Waals surface area contributed by atoms with Gasteiger partial charge in [-0.25, -0.2) is 9.37 Å². The largest absolute Gasteiger partial charge is 0.439 e. The number of hydrogen-bond donors (Lipinski definition) is 1. The van der Waals surface area contributed by atoms with Gasteiger partial charge in [0.15, 0.2) is 0 Å². The van der Waals surface area contributed by atoms with Gasteiger partial charge >= 0.3 is 0 Å². The SMILES string of the molecule is Cc1cc(CNC(C)(C)C)cnc1Oc1cccc(F)c1. The Morgan fingerprint density at radius 2 is 2.00 bits per heavy atom. The van der Waals surface area contributed by atoms with Crippen molar-refractivity contribution in [1.82, 2.24) is 10.3 Å². The number of aromatic nitrogens is 1. The molecule has 2 aromatic rings. The van der Waals surface area contributed by atoms with Gasteiger partial charge in [-0.2, -0.15) is 0 Å². The second-order valence-electron chi connectivity index (χ2n) is 6.13. The number of nitrogens with zero attached hydrogens (tertiary/aromatic N) is 1. The molecule has 0 saturated carbocycles. The van der Waals surface area contributed by atoms with E-state index in [9.17, 15) is 4.39 Å². The van der Waals surface area contributed by atoms with Crippen molar-refractivity contribution in [3.05, 3.63) is 53.5 Å². The second-order valence-corrected chi connectivity index (χ2v) is 6.13. The first-order chi connectivity index (χ1) is 9.83. The quantitative estimate of drug-likeness (QED) is 0.915. The highest BCUT2D eigenvalue weighted by molar-refractivity contribution is 5.33. The van der Waals surface area contributed by atoms with Crippen molar-refractivity contribution in [1.29, 1.82) is 0 Å². The third kappa shape index (κ3) is 4.83. The van der Waals surface area contributed by atoms with E-state index in [1.54, 1.807) is 18.3 Å². The Bertz CT molecular complexity index is 620. The van der Waals surface area contributed by atoms with Crippen LogP contribution in [0.2, 0.25) is 0 Å².